The van der Waals surface area contributed by atoms with E-state index in [-0.39, 0.29) is 16.2 Å². The van der Waals surface area contributed by atoms with Gasteiger partial charge in [0.15, 0.2) is 0 Å². The average molecular weight is 887 g/mol. The molecular formula is C54H63O3PS3. The molecule has 6 rings (SSSR count). The molecule has 0 aliphatic rings. The second-order valence-corrected chi connectivity index (χ2v) is 23.6. The summed E-state index contributed by atoms with van der Waals surface area (Å²) < 4.78 is 21.3. The van der Waals surface area contributed by atoms with Gasteiger partial charge in [0.25, 0.3) is 0 Å². The zero-order chi connectivity index (χ0) is 44.4. The lowest BCUT2D eigenvalue weighted by Gasteiger charge is -2.26. The first kappa shape index (κ1) is 46.7. The van der Waals surface area contributed by atoms with E-state index in [1.165, 1.54) is 48.1 Å². The predicted molar refractivity (Wildman–Crippen MR) is 264 cm³/mol. The fraction of sp³-hybridized carbons (Fsp3) is 0.333. The first-order chi connectivity index (χ1) is 28.5. The van der Waals surface area contributed by atoms with Crippen molar-refractivity contribution in [2.45, 2.75) is 149 Å². The lowest BCUT2D eigenvalue weighted by Crippen LogP contribution is -2.13. The van der Waals surface area contributed by atoms with Crippen molar-refractivity contribution in [2.24, 2.45) is 0 Å². The average Bonchev–Trinajstić information content (AvgIpc) is 3.15. The van der Waals surface area contributed by atoms with Gasteiger partial charge < -0.3 is 13.6 Å². The second-order valence-electron chi connectivity index (χ2n) is 19.4. The molecule has 0 aliphatic carbocycles. The van der Waals surface area contributed by atoms with Gasteiger partial charge in [-0.3, -0.25) is 0 Å². The third-order valence-corrected chi connectivity index (χ3v) is 14.7. The summed E-state index contributed by atoms with van der Waals surface area (Å²) in [5.74, 6) is 2.17. The zero-order valence-corrected chi connectivity index (χ0v) is 42.1. The van der Waals surface area contributed by atoms with Crippen molar-refractivity contribution < 1.29 is 13.6 Å². The largest absolute Gasteiger partial charge is 0.530 e. The van der Waals surface area contributed by atoms with Crippen LogP contribution in [0, 0.1) is 41.5 Å². The van der Waals surface area contributed by atoms with Crippen LogP contribution in [0.15, 0.2) is 139 Å². The van der Waals surface area contributed by atoms with E-state index in [0.29, 0.717) is 0 Å². The molecule has 7 heteroatoms. The smallest absolute Gasteiger partial charge is 0.407 e. The van der Waals surface area contributed by atoms with Gasteiger partial charge >= 0.3 is 8.60 Å². The normalized spacial score (nSPS) is 12.2. The Morgan fingerprint density at radius 3 is 0.754 bits per heavy atom. The summed E-state index contributed by atoms with van der Waals surface area (Å²) >= 11 is 5.19. The maximum absolute atomic E-state index is 7.11. The van der Waals surface area contributed by atoms with Gasteiger partial charge in [0.1, 0.15) is 17.2 Å². The molecule has 3 nitrogen and oxygen atoms in total. The highest BCUT2D eigenvalue weighted by Crippen LogP contribution is 2.52. The molecule has 0 saturated heterocycles. The number of benzene rings is 6. The van der Waals surface area contributed by atoms with Crippen molar-refractivity contribution in [1.29, 1.82) is 0 Å². The molecule has 0 bridgehead atoms. The van der Waals surface area contributed by atoms with E-state index < -0.39 is 8.60 Å². The van der Waals surface area contributed by atoms with Gasteiger partial charge in [-0.1, -0.05) is 169 Å². The van der Waals surface area contributed by atoms with Gasteiger partial charge in [-0.15, -0.1) is 0 Å². The van der Waals surface area contributed by atoms with Crippen LogP contribution in [0.2, 0.25) is 0 Å². The van der Waals surface area contributed by atoms with Crippen LogP contribution < -0.4 is 13.6 Å². The van der Waals surface area contributed by atoms with E-state index in [4.69, 9.17) is 13.6 Å². The Labute approximate surface area is 381 Å². The topological polar surface area (TPSA) is 27.7 Å². The molecule has 0 aromatic heterocycles. The summed E-state index contributed by atoms with van der Waals surface area (Å²) in [5.41, 5.74) is 10.8. The van der Waals surface area contributed by atoms with Crippen molar-refractivity contribution in [3.05, 3.63) is 159 Å². The summed E-state index contributed by atoms with van der Waals surface area (Å²) in [4.78, 5) is 6.61. The molecule has 0 amide bonds. The maximum Gasteiger partial charge on any atom is 0.530 e. The van der Waals surface area contributed by atoms with Crippen LogP contribution in [0.5, 0.6) is 17.2 Å². The summed E-state index contributed by atoms with van der Waals surface area (Å²) in [5, 5.41) is 0. The number of aryl methyl sites for hydroxylation is 6. The summed E-state index contributed by atoms with van der Waals surface area (Å²) in [7, 11) is -2.05. The number of rotatable bonds is 12. The second kappa shape index (κ2) is 18.9. The highest BCUT2D eigenvalue weighted by Gasteiger charge is 2.28. The van der Waals surface area contributed by atoms with Crippen LogP contribution in [0.4, 0.5) is 0 Å². The minimum absolute atomic E-state index is 0.0357. The van der Waals surface area contributed by atoms with Crippen LogP contribution in [-0.2, 0) is 16.2 Å². The first-order valence-corrected chi connectivity index (χ1v) is 24.6. The zero-order valence-electron chi connectivity index (χ0n) is 38.8. The predicted octanol–water partition coefficient (Wildman–Crippen LogP) is 17.6. The molecule has 0 N–H and O–H groups in total. The Kier molecular flexibility index (Phi) is 14.5. The maximum atomic E-state index is 7.11. The van der Waals surface area contributed by atoms with E-state index in [1.807, 2.05) is 0 Å². The molecule has 0 atom stereocenters. The molecule has 0 radical (unpaired) electrons. The van der Waals surface area contributed by atoms with E-state index in [1.54, 1.807) is 35.3 Å². The molecule has 0 aliphatic heterocycles. The highest BCUT2D eigenvalue weighted by molar-refractivity contribution is 8.00. The number of hydrogen-bond donors (Lipinski definition) is 0. The van der Waals surface area contributed by atoms with Gasteiger partial charge in [0.2, 0.25) is 0 Å². The molecular weight excluding hydrogens is 824 g/mol. The third-order valence-electron chi connectivity index (χ3n) is 10.3. The SMILES string of the molecule is Cc1ccc(Sc2ccc(C)cc2C(C)(C)C)c(OP(Oc2cc(C)ccc2Sc2ccc(C)cc2C(C)(C)C)Oc2cc(C)ccc2Sc2ccc(C)cc2C(C)(C)C)c1. The van der Waals surface area contributed by atoms with Crippen molar-refractivity contribution in [3.8, 4) is 17.2 Å². The molecule has 0 spiro atoms. The lowest BCUT2D eigenvalue weighted by atomic mass is 9.86. The fourth-order valence-electron chi connectivity index (χ4n) is 6.92. The quantitative estimate of drug-likeness (QED) is 0.114. The Hall–Kier alpha value is -3.80. The molecule has 61 heavy (non-hydrogen) atoms. The van der Waals surface area contributed by atoms with E-state index in [2.05, 4.69) is 213 Å². The minimum atomic E-state index is -2.05. The van der Waals surface area contributed by atoms with Crippen molar-refractivity contribution in [3.63, 3.8) is 0 Å². The Morgan fingerprint density at radius 2 is 0.525 bits per heavy atom. The fourth-order valence-corrected chi connectivity index (χ4v) is 11.7. The Balaban J connectivity index is 1.46. The van der Waals surface area contributed by atoms with Crippen LogP contribution >= 0.6 is 43.9 Å². The number of hydrogen-bond acceptors (Lipinski definition) is 6. The van der Waals surface area contributed by atoms with Crippen LogP contribution in [0.1, 0.15) is 112 Å². The minimum Gasteiger partial charge on any atom is -0.407 e. The van der Waals surface area contributed by atoms with Gasteiger partial charge in [0, 0.05) is 14.7 Å². The van der Waals surface area contributed by atoms with Crippen LogP contribution in [0.3, 0.4) is 0 Å². The third kappa shape index (κ3) is 12.2. The van der Waals surface area contributed by atoms with Crippen LogP contribution in [0.25, 0.3) is 0 Å². The first-order valence-electron chi connectivity index (χ1n) is 21.1. The molecule has 0 unspecified atom stereocenters. The van der Waals surface area contributed by atoms with Crippen molar-refractivity contribution in [1.82, 2.24) is 0 Å². The Bertz CT molecular complexity index is 2240. The van der Waals surface area contributed by atoms with Crippen molar-refractivity contribution in [2.75, 3.05) is 0 Å². The van der Waals surface area contributed by atoms with E-state index in [0.717, 1.165) is 48.6 Å². The lowest BCUT2D eigenvalue weighted by molar-refractivity contribution is 0.377. The molecule has 0 saturated carbocycles. The van der Waals surface area contributed by atoms with Crippen molar-refractivity contribution >= 4 is 43.9 Å². The van der Waals surface area contributed by atoms with Gasteiger partial charge in [-0.2, -0.15) is 0 Å². The summed E-state index contributed by atoms with van der Waals surface area (Å²) in [6.07, 6.45) is 0. The van der Waals surface area contributed by atoms with Gasteiger partial charge in [0.05, 0.1) is 14.7 Å². The summed E-state index contributed by atoms with van der Waals surface area (Å²) in [6, 6.07) is 39.5. The van der Waals surface area contributed by atoms with Crippen LogP contribution in [-0.4, -0.2) is 0 Å². The van der Waals surface area contributed by atoms with Gasteiger partial charge in [-0.05, 0) is 146 Å². The monoisotopic (exact) mass is 886 g/mol. The molecule has 6 aromatic rings. The molecule has 0 fully saturated rings. The Morgan fingerprint density at radius 1 is 0.311 bits per heavy atom. The molecule has 320 valence electrons. The van der Waals surface area contributed by atoms with E-state index in [9.17, 15) is 0 Å². The summed E-state index contributed by atoms with van der Waals surface area (Å²) in [6.45, 7) is 33.3. The standard InChI is InChI=1S/C54H63O3PS3/c1-34-16-22-46(40(28-34)52(7,8)9)59-49-25-19-37(4)31-43(49)55-58(56-44-32-38(5)20-26-50(44)60-47-23-17-35(2)29-41(47)53(10,11)12)57-45-33-39(6)21-27-51(45)61-48-24-18-36(3)30-42(48)54(13,14)15/h16-33H,1-15H3. The molecule has 0 heterocycles. The van der Waals surface area contributed by atoms with E-state index >= 15 is 0 Å². The van der Waals surface area contributed by atoms with Gasteiger partial charge in [-0.25, -0.2) is 0 Å². The molecule has 6 aromatic carbocycles. The highest BCUT2D eigenvalue weighted by atomic mass is 32.2.